The van der Waals surface area contributed by atoms with Gasteiger partial charge in [-0.1, -0.05) is 17.7 Å². The van der Waals surface area contributed by atoms with Gasteiger partial charge in [-0.05, 0) is 6.07 Å². The lowest BCUT2D eigenvalue weighted by atomic mass is 10.2. The van der Waals surface area contributed by atoms with Crippen LogP contribution < -0.4 is 0 Å². The van der Waals surface area contributed by atoms with Crippen LogP contribution in [0.15, 0.2) is 27.5 Å². The summed E-state index contributed by atoms with van der Waals surface area (Å²) in [5, 5.41) is 10.4. The normalized spacial score (nSPS) is 17.0. The molecule has 0 saturated carbocycles. The molecule has 1 aliphatic rings. The molecule has 0 fully saturated rings. The third kappa shape index (κ3) is 1.40. The van der Waals surface area contributed by atoms with E-state index in [1.54, 1.807) is 0 Å². The van der Waals surface area contributed by atoms with Crippen LogP contribution in [0.4, 0.5) is 5.69 Å². The van der Waals surface area contributed by atoms with Crippen molar-refractivity contribution in [3.63, 3.8) is 0 Å². The van der Waals surface area contributed by atoms with Gasteiger partial charge in [-0.15, -0.1) is 4.40 Å². The predicted molar refractivity (Wildman–Crippen MR) is 52.7 cm³/mol. The summed E-state index contributed by atoms with van der Waals surface area (Å²) in [6, 6.07) is 3.83. The molecule has 6 nitrogen and oxygen atoms in total. The molecule has 78 valence electrons. The Morgan fingerprint density at radius 2 is 2.07 bits per heavy atom. The molecule has 2 rings (SSSR count). The van der Waals surface area contributed by atoms with Gasteiger partial charge in [-0.25, -0.2) is 0 Å². The molecule has 0 saturated heterocycles. The highest BCUT2D eigenvalue weighted by Gasteiger charge is 2.35. The van der Waals surface area contributed by atoms with Crippen molar-refractivity contribution in [2.75, 3.05) is 0 Å². The van der Waals surface area contributed by atoms with Gasteiger partial charge in [-0.2, -0.15) is 8.42 Å². The van der Waals surface area contributed by atoms with E-state index in [-0.39, 0.29) is 10.7 Å². The Kier molecular flexibility index (Phi) is 2.02. The van der Waals surface area contributed by atoms with Gasteiger partial charge in [0.1, 0.15) is 0 Å². The van der Waals surface area contributed by atoms with Crippen molar-refractivity contribution in [2.45, 2.75) is 4.90 Å². The highest BCUT2D eigenvalue weighted by Crippen LogP contribution is 2.34. The van der Waals surface area contributed by atoms with Crippen molar-refractivity contribution >= 4 is 32.5 Å². The topological polar surface area (TPSA) is 89.6 Å². The van der Waals surface area contributed by atoms with E-state index in [4.69, 9.17) is 11.6 Å². The van der Waals surface area contributed by atoms with Crippen LogP contribution in [-0.2, 0) is 10.0 Å². The highest BCUT2D eigenvalue weighted by atomic mass is 35.5. The molecular weight excluding hydrogens is 244 g/mol. The number of nitrogens with zero attached hydrogens (tertiary/aromatic N) is 2. The number of hydrogen-bond acceptors (Lipinski definition) is 4. The average Bonchev–Trinajstić information content (AvgIpc) is 2.37. The Balaban J connectivity index is 2.87. The lowest BCUT2D eigenvalue weighted by Gasteiger charge is -1.97. The second-order valence-electron chi connectivity index (χ2n) is 2.77. The summed E-state index contributed by atoms with van der Waals surface area (Å²) in [6.45, 7) is 0. The standard InChI is InChI=1S/C7H3ClN2O4S/c8-7-4-2-1-3-5(10(11)12)6(4)15(13,14)9-7/h1-3H. The first-order valence-electron chi connectivity index (χ1n) is 3.72. The molecule has 0 N–H and O–H groups in total. The molecule has 0 bridgehead atoms. The van der Waals surface area contributed by atoms with Crippen LogP contribution in [0.5, 0.6) is 0 Å². The molecule has 8 heteroatoms. The molecule has 1 aromatic rings. The number of nitro groups is 1. The molecule has 1 aromatic carbocycles. The molecule has 1 aliphatic heterocycles. The summed E-state index contributed by atoms with van der Waals surface area (Å²) in [5.74, 6) is 0. The van der Waals surface area contributed by atoms with Crippen molar-refractivity contribution in [3.8, 4) is 0 Å². The first kappa shape index (κ1) is 10.1. The molecule has 0 aliphatic carbocycles. The summed E-state index contributed by atoms with van der Waals surface area (Å²) in [6.07, 6.45) is 0. The second-order valence-corrected chi connectivity index (χ2v) is 4.67. The minimum absolute atomic E-state index is 0.0749. The SMILES string of the molecule is O=[N+]([O-])c1cccc2c1S(=O)(=O)N=C2Cl. The second kappa shape index (κ2) is 3.01. The quantitative estimate of drug-likeness (QED) is 0.551. The third-order valence-electron chi connectivity index (χ3n) is 1.87. The lowest BCUT2D eigenvalue weighted by molar-refractivity contribution is -0.387. The molecular formula is C7H3ClN2O4S. The lowest BCUT2D eigenvalue weighted by Crippen LogP contribution is -2.00. The minimum atomic E-state index is -4.02. The zero-order chi connectivity index (χ0) is 11.2. The first-order valence-corrected chi connectivity index (χ1v) is 5.53. The van der Waals surface area contributed by atoms with Crippen LogP contribution in [-0.4, -0.2) is 18.5 Å². The van der Waals surface area contributed by atoms with Crippen LogP contribution in [0.3, 0.4) is 0 Å². The van der Waals surface area contributed by atoms with Gasteiger partial charge in [0.2, 0.25) is 0 Å². The predicted octanol–water partition coefficient (Wildman–Crippen LogP) is 1.28. The van der Waals surface area contributed by atoms with Crippen molar-refractivity contribution in [2.24, 2.45) is 4.40 Å². The summed E-state index contributed by atoms with van der Waals surface area (Å²) >= 11 is 5.55. The number of hydrogen-bond donors (Lipinski definition) is 0. The van der Waals surface area contributed by atoms with Gasteiger partial charge in [0.05, 0.1) is 4.92 Å². The molecule has 0 amide bonds. The maximum atomic E-state index is 11.4. The molecule has 0 atom stereocenters. The molecule has 0 radical (unpaired) electrons. The highest BCUT2D eigenvalue weighted by molar-refractivity contribution is 7.91. The molecule has 15 heavy (non-hydrogen) atoms. The summed E-state index contributed by atoms with van der Waals surface area (Å²) in [7, 11) is -4.02. The number of fused-ring (bicyclic) bond motifs is 1. The van der Waals surface area contributed by atoms with Crippen LogP contribution in [0.1, 0.15) is 5.56 Å². The van der Waals surface area contributed by atoms with Crippen molar-refractivity contribution < 1.29 is 13.3 Å². The Morgan fingerprint density at radius 3 is 2.67 bits per heavy atom. The number of halogens is 1. The number of nitro benzene ring substituents is 1. The van der Waals surface area contributed by atoms with Gasteiger partial charge < -0.3 is 0 Å². The van der Waals surface area contributed by atoms with Gasteiger partial charge in [0.25, 0.3) is 15.7 Å². The van der Waals surface area contributed by atoms with Crippen LogP contribution in [0.25, 0.3) is 0 Å². The van der Waals surface area contributed by atoms with Crippen LogP contribution >= 0.6 is 11.6 Å². The Bertz CT molecular complexity index is 593. The monoisotopic (exact) mass is 246 g/mol. The molecule has 1 heterocycles. The average molecular weight is 247 g/mol. The van der Waals surface area contributed by atoms with E-state index in [9.17, 15) is 18.5 Å². The Morgan fingerprint density at radius 1 is 1.40 bits per heavy atom. The van der Waals surface area contributed by atoms with Crippen LogP contribution in [0, 0.1) is 10.1 Å². The third-order valence-corrected chi connectivity index (χ3v) is 3.63. The fraction of sp³-hybridized carbons (Fsp3) is 0. The maximum Gasteiger partial charge on any atom is 0.291 e. The summed E-state index contributed by atoms with van der Waals surface area (Å²) < 4.78 is 26.0. The molecule has 0 aromatic heterocycles. The van der Waals surface area contributed by atoms with Gasteiger partial charge in [0, 0.05) is 11.6 Å². The number of benzene rings is 1. The van der Waals surface area contributed by atoms with Crippen molar-refractivity contribution in [1.29, 1.82) is 0 Å². The summed E-state index contributed by atoms with van der Waals surface area (Å²) in [4.78, 5) is 9.40. The first-order chi connectivity index (χ1) is 6.93. The van der Waals surface area contributed by atoms with Gasteiger partial charge in [-0.3, -0.25) is 10.1 Å². The van der Waals surface area contributed by atoms with E-state index < -0.39 is 25.5 Å². The largest absolute Gasteiger partial charge is 0.291 e. The van der Waals surface area contributed by atoms with Gasteiger partial charge in [0.15, 0.2) is 10.1 Å². The number of rotatable bonds is 1. The van der Waals surface area contributed by atoms with Crippen molar-refractivity contribution in [1.82, 2.24) is 0 Å². The molecule has 0 unspecified atom stereocenters. The van der Waals surface area contributed by atoms with E-state index >= 15 is 0 Å². The van der Waals surface area contributed by atoms with E-state index in [1.807, 2.05) is 0 Å². The minimum Gasteiger partial charge on any atom is -0.258 e. The fourth-order valence-electron chi connectivity index (χ4n) is 1.30. The number of sulfonamides is 1. The van der Waals surface area contributed by atoms with E-state index in [0.717, 1.165) is 6.07 Å². The Hall–Kier alpha value is -1.47. The molecule has 0 spiro atoms. The van der Waals surface area contributed by atoms with E-state index in [0.29, 0.717) is 0 Å². The zero-order valence-corrected chi connectivity index (χ0v) is 8.62. The Labute approximate surface area is 89.4 Å². The van der Waals surface area contributed by atoms with Crippen LogP contribution in [0.2, 0.25) is 0 Å². The smallest absolute Gasteiger partial charge is 0.258 e. The van der Waals surface area contributed by atoms with Crippen molar-refractivity contribution in [3.05, 3.63) is 33.9 Å². The maximum absolute atomic E-state index is 11.4. The summed E-state index contributed by atoms with van der Waals surface area (Å²) in [5.41, 5.74) is -0.433. The van der Waals surface area contributed by atoms with E-state index in [2.05, 4.69) is 4.40 Å². The zero-order valence-electron chi connectivity index (χ0n) is 7.05. The van der Waals surface area contributed by atoms with Gasteiger partial charge >= 0.3 is 0 Å². The fourth-order valence-corrected chi connectivity index (χ4v) is 3.04. The van der Waals surface area contributed by atoms with E-state index in [1.165, 1.54) is 12.1 Å².